The van der Waals surface area contributed by atoms with Crippen molar-refractivity contribution in [3.8, 4) is 0 Å². The summed E-state index contributed by atoms with van der Waals surface area (Å²) in [5, 5.41) is 6.46. The third-order valence-corrected chi connectivity index (χ3v) is 5.50. The first-order chi connectivity index (χ1) is 11.8. The van der Waals surface area contributed by atoms with Crippen LogP contribution in [0.5, 0.6) is 0 Å². The van der Waals surface area contributed by atoms with Crippen molar-refractivity contribution in [2.75, 3.05) is 33.1 Å². The van der Waals surface area contributed by atoms with E-state index < -0.39 is 10.0 Å². The molecule has 0 radical (unpaired) electrons. The fourth-order valence-corrected chi connectivity index (χ4v) is 3.16. The van der Waals surface area contributed by atoms with Gasteiger partial charge in [-0.3, -0.25) is 4.79 Å². The van der Waals surface area contributed by atoms with Gasteiger partial charge in [0, 0.05) is 32.7 Å². The number of hydrogen-bond acceptors (Lipinski definition) is 5. The highest BCUT2D eigenvalue weighted by Crippen LogP contribution is 2.17. The Balaban J connectivity index is 2.42. The fraction of sp³-hybridized carbons (Fsp3) is 0.500. The van der Waals surface area contributed by atoms with Crippen LogP contribution in [-0.4, -0.2) is 51.6 Å². The van der Waals surface area contributed by atoms with Gasteiger partial charge in [-0.25, -0.2) is 12.7 Å². The molecule has 1 rings (SSSR count). The van der Waals surface area contributed by atoms with Crippen LogP contribution in [-0.2, 0) is 19.6 Å². The van der Waals surface area contributed by atoms with Gasteiger partial charge in [-0.1, -0.05) is 12.5 Å². The smallest absolute Gasteiger partial charge is 0.305 e. The Labute approximate surface area is 154 Å². The Morgan fingerprint density at radius 3 is 2.60 bits per heavy atom. The van der Waals surface area contributed by atoms with E-state index in [0.29, 0.717) is 23.8 Å². The zero-order chi connectivity index (χ0) is 18.9. The molecule has 0 atom stereocenters. The van der Waals surface area contributed by atoms with E-state index in [1.807, 2.05) is 0 Å². The summed E-state index contributed by atoms with van der Waals surface area (Å²) in [7, 11) is 0.878. The number of carbonyl (C=O) groups is 1. The van der Waals surface area contributed by atoms with Crippen molar-refractivity contribution in [2.24, 2.45) is 0 Å². The Kier molecular flexibility index (Phi) is 8.81. The summed E-state index contributed by atoms with van der Waals surface area (Å²) in [6, 6.07) is 6.49. The average Bonchev–Trinajstić information content (AvgIpc) is 2.57. The van der Waals surface area contributed by atoms with Gasteiger partial charge >= 0.3 is 5.97 Å². The maximum atomic E-state index is 12.1. The Morgan fingerprint density at radius 2 is 1.96 bits per heavy atom. The monoisotopic (exact) mass is 387 g/mol. The van der Waals surface area contributed by atoms with Crippen LogP contribution in [0.15, 0.2) is 29.2 Å². The van der Waals surface area contributed by atoms with Crippen LogP contribution in [0.4, 0.5) is 5.69 Å². The normalized spacial score (nSPS) is 11.2. The molecule has 25 heavy (non-hydrogen) atoms. The number of nitrogens with one attached hydrogen (secondary N) is 2. The summed E-state index contributed by atoms with van der Waals surface area (Å²) >= 11 is 5.21. The molecule has 0 aromatic heterocycles. The molecule has 7 nitrogen and oxygen atoms in total. The first-order valence-corrected chi connectivity index (χ1v) is 9.76. The lowest BCUT2D eigenvalue weighted by Crippen LogP contribution is -2.29. The Hall–Kier alpha value is -1.71. The average molecular weight is 388 g/mol. The van der Waals surface area contributed by atoms with Gasteiger partial charge in [0.05, 0.1) is 12.0 Å². The van der Waals surface area contributed by atoms with Crippen LogP contribution in [0.25, 0.3) is 0 Å². The Bertz CT molecular complexity index is 690. The fourth-order valence-electron chi connectivity index (χ4n) is 2.00. The van der Waals surface area contributed by atoms with Crippen LogP contribution in [0, 0.1) is 0 Å². The maximum Gasteiger partial charge on any atom is 0.305 e. The maximum absolute atomic E-state index is 12.1. The molecule has 1 aromatic carbocycles. The van der Waals surface area contributed by atoms with Crippen LogP contribution < -0.4 is 10.6 Å². The lowest BCUT2D eigenvalue weighted by molar-refractivity contribution is -0.140. The quantitative estimate of drug-likeness (QED) is 0.380. The van der Waals surface area contributed by atoms with E-state index in [0.717, 1.165) is 23.6 Å². The molecule has 0 spiro atoms. The zero-order valence-corrected chi connectivity index (χ0v) is 16.4. The second-order valence-electron chi connectivity index (χ2n) is 5.58. The molecular weight excluding hydrogens is 362 g/mol. The van der Waals surface area contributed by atoms with Crippen molar-refractivity contribution < 1.29 is 17.9 Å². The van der Waals surface area contributed by atoms with Gasteiger partial charge in [0.2, 0.25) is 10.0 Å². The van der Waals surface area contributed by atoms with E-state index in [-0.39, 0.29) is 10.9 Å². The van der Waals surface area contributed by atoms with Gasteiger partial charge in [-0.15, -0.1) is 0 Å². The molecule has 0 amide bonds. The van der Waals surface area contributed by atoms with E-state index in [1.165, 1.54) is 27.3 Å². The van der Waals surface area contributed by atoms with Gasteiger partial charge in [0.15, 0.2) is 5.11 Å². The van der Waals surface area contributed by atoms with Gasteiger partial charge in [0.25, 0.3) is 0 Å². The number of anilines is 1. The van der Waals surface area contributed by atoms with Crippen LogP contribution in [0.3, 0.4) is 0 Å². The molecule has 9 heteroatoms. The molecule has 0 saturated heterocycles. The first kappa shape index (κ1) is 21.3. The number of esters is 1. The van der Waals surface area contributed by atoms with E-state index in [1.54, 1.807) is 18.2 Å². The largest absolute Gasteiger partial charge is 0.469 e. The summed E-state index contributed by atoms with van der Waals surface area (Å²) < 4.78 is 30.0. The number of rotatable bonds is 9. The number of thiocarbonyl (C=S) groups is 1. The molecule has 0 bridgehead atoms. The van der Waals surface area contributed by atoms with E-state index >= 15 is 0 Å². The molecule has 0 aliphatic rings. The standard InChI is InChI=1S/C16H25N3O4S2/c1-19(2)25(21,22)14-9-7-8-13(12-14)18-16(24)17-11-6-4-5-10-15(20)23-3/h7-9,12H,4-6,10-11H2,1-3H3,(H2,17,18,24). The molecule has 0 heterocycles. The third-order valence-electron chi connectivity index (χ3n) is 3.44. The molecular formula is C16H25N3O4S2. The number of unbranched alkanes of at least 4 members (excludes halogenated alkanes) is 2. The van der Waals surface area contributed by atoms with Gasteiger partial charge < -0.3 is 15.4 Å². The predicted molar refractivity (Wildman–Crippen MR) is 102 cm³/mol. The highest BCUT2D eigenvalue weighted by Gasteiger charge is 2.17. The number of hydrogen-bond donors (Lipinski definition) is 2. The third kappa shape index (κ3) is 7.37. The first-order valence-electron chi connectivity index (χ1n) is 7.91. The van der Waals surface area contributed by atoms with Crippen molar-refractivity contribution >= 4 is 39.0 Å². The minimum Gasteiger partial charge on any atom is -0.469 e. The Morgan fingerprint density at radius 1 is 1.24 bits per heavy atom. The molecule has 0 unspecified atom stereocenters. The number of sulfonamides is 1. The number of nitrogens with zero attached hydrogens (tertiary/aromatic N) is 1. The molecule has 0 fully saturated rings. The lowest BCUT2D eigenvalue weighted by Gasteiger charge is -2.14. The van der Waals surface area contributed by atoms with Crippen LogP contribution >= 0.6 is 12.2 Å². The molecule has 1 aromatic rings. The van der Waals surface area contributed by atoms with Crippen LogP contribution in [0.2, 0.25) is 0 Å². The van der Waals surface area contributed by atoms with Crippen molar-refractivity contribution in [3.63, 3.8) is 0 Å². The minimum atomic E-state index is -3.48. The second-order valence-corrected chi connectivity index (χ2v) is 8.14. The van der Waals surface area contributed by atoms with Crippen LogP contribution in [0.1, 0.15) is 25.7 Å². The number of methoxy groups -OCH3 is 1. The number of carbonyl (C=O) groups excluding carboxylic acids is 1. The second kappa shape index (κ2) is 10.3. The minimum absolute atomic E-state index is 0.197. The summed E-state index contributed by atoms with van der Waals surface area (Å²) in [6.45, 7) is 0.669. The van der Waals surface area contributed by atoms with Gasteiger partial charge in [-0.05, 0) is 43.3 Å². The van der Waals surface area contributed by atoms with Crippen molar-refractivity contribution in [2.45, 2.75) is 30.6 Å². The van der Waals surface area contributed by atoms with E-state index in [4.69, 9.17) is 12.2 Å². The number of ether oxygens (including phenoxy) is 1. The van der Waals surface area contributed by atoms with Gasteiger partial charge in [-0.2, -0.15) is 0 Å². The molecule has 0 saturated carbocycles. The zero-order valence-electron chi connectivity index (χ0n) is 14.7. The van der Waals surface area contributed by atoms with Crippen molar-refractivity contribution in [1.29, 1.82) is 0 Å². The summed E-state index contributed by atoms with van der Waals surface area (Å²) in [5.41, 5.74) is 0.603. The highest BCUT2D eigenvalue weighted by molar-refractivity contribution is 7.89. The topological polar surface area (TPSA) is 87.7 Å². The van der Waals surface area contributed by atoms with E-state index in [9.17, 15) is 13.2 Å². The molecule has 140 valence electrons. The number of benzene rings is 1. The lowest BCUT2D eigenvalue weighted by atomic mass is 10.2. The summed E-state index contributed by atoms with van der Waals surface area (Å²) in [6.07, 6.45) is 2.96. The molecule has 0 aliphatic heterocycles. The highest BCUT2D eigenvalue weighted by atomic mass is 32.2. The SMILES string of the molecule is COC(=O)CCCCCNC(=S)Nc1cccc(S(=O)(=O)N(C)C)c1. The summed E-state index contributed by atoms with van der Waals surface area (Å²) in [4.78, 5) is 11.2. The molecule has 0 aliphatic carbocycles. The predicted octanol–water partition coefficient (Wildman–Crippen LogP) is 1.96. The van der Waals surface area contributed by atoms with E-state index in [2.05, 4.69) is 15.4 Å². The summed E-state index contributed by atoms with van der Waals surface area (Å²) in [5.74, 6) is -0.197. The van der Waals surface area contributed by atoms with Gasteiger partial charge in [0.1, 0.15) is 0 Å². The van der Waals surface area contributed by atoms with Crippen molar-refractivity contribution in [1.82, 2.24) is 9.62 Å². The van der Waals surface area contributed by atoms with Crippen molar-refractivity contribution in [3.05, 3.63) is 24.3 Å². The molecule has 2 N–H and O–H groups in total.